The van der Waals surface area contributed by atoms with Gasteiger partial charge in [-0.3, -0.25) is 0 Å². The van der Waals surface area contributed by atoms with E-state index >= 15 is 0 Å². The van der Waals surface area contributed by atoms with Gasteiger partial charge in [-0.15, -0.1) is 0 Å². The minimum Gasteiger partial charge on any atom is -0.356 e. The number of benzene rings is 1. The van der Waals surface area contributed by atoms with Crippen LogP contribution >= 0.6 is 11.6 Å². The van der Waals surface area contributed by atoms with Crippen molar-refractivity contribution in [1.82, 2.24) is 10.5 Å². The lowest BCUT2D eigenvalue weighted by Gasteiger charge is -2.07. The average Bonchev–Trinajstić information content (AvgIpc) is 2.63. The second-order valence-corrected chi connectivity index (χ2v) is 4.87. The Bertz CT molecular complexity index is 493. The second-order valence-electron chi connectivity index (χ2n) is 4.49. The molecule has 0 atom stereocenters. The van der Waals surface area contributed by atoms with Crippen molar-refractivity contribution in [3.8, 4) is 0 Å². The fourth-order valence-electron chi connectivity index (χ4n) is 1.63. The van der Waals surface area contributed by atoms with Crippen LogP contribution in [0.15, 0.2) is 24.3 Å². The molecule has 3 nitrogen and oxygen atoms in total. The highest BCUT2D eigenvalue weighted by atomic mass is 35.5. The number of aromatic amines is 1. The number of para-hydroxylation sites is 1. The summed E-state index contributed by atoms with van der Waals surface area (Å²) in [6.45, 7) is 5.49. The number of H-pyrrole nitrogens is 1. The van der Waals surface area contributed by atoms with E-state index in [9.17, 15) is 0 Å². The topological polar surface area (TPSA) is 37.0 Å². The predicted molar refractivity (Wildman–Crippen MR) is 70.9 cm³/mol. The molecule has 0 saturated heterocycles. The number of hydrogen-bond donors (Lipinski definition) is 2. The molecule has 0 amide bonds. The molecule has 4 heteroatoms. The zero-order valence-corrected chi connectivity index (χ0v) is 10.8. The quantitative estimate of drug-likeness (QED) is 0.631. The van der Waals surface area contributed by atoms with Crippen LogP contribution in [-0.4, -0.2) is 11.6 Å². The first-order valence-electron chi connectivity index (χ1n) is 5.78. The summed E-state index contributed by atoms with van der Waals surface area (Å²) in [4.78, 5) is 8.60. The summed E-state index contributed by atoms with van der Waals surface area (Å²) in [7, 11) is 0. The predicted octanol–water partition coefficient (Wildman–Crippen LogP) is 3.50. The van der Waals surface area contributed by atoms with Crippen LogP contribution < -0.4 is 5.48 Å². The summed E-state index contributed by atoms with van der Waals surface area (Å²) >= 11 is 6.27. The zero-order valence-electron chi connectivity index (χ0n) is 10.1. The summed E-state index contributed by atoms with van der Waals surface area (Å²) < 4.78 is 0. The maximum absolute atomic E-state index is 6.27. The highest BCUT2D eigenvalue weighted by Crippen LogP contribution is 2.26. The van der Waals surface area contributed by atoms with Gasteiger partial charge < -0.3 is 9.82 Å². The first kappa shape index (κ1) is 12.4. The molecule has 0 fully saturated rings. The first-order chi connectivity index (χ1) is 8.18. The molecule has 2 N–H and O–H groups in total. The number of hydroxylamine groups is 1. The van der Waals surface area contributed by atoms with E-state index in [1.807, 2.05) is 24.3 Å². The lowest BCUT2D eigenvalue weighted by Crippen LogP contribution is -2.17. The van der Waals surface area contributed by atoms with Crippen LogP contribution in [0, 0.1) is 5.92 Å². The van der Waals surface area contributed by atoms with E-state index in [2.05, 4.69) is 24.3 Å². The van der Waals surface area contributed by atoms with E-state index in [1.54, 1.807) is 0 Å². The van der Waals surface area contributed by atoms with Crippen LogP contribution in [0.3, 0.4) is 0 Å². The molecule has 0 aliphatic carbocycles. The third-order valence-electron chi connectivity index (χ3n) is 2.48. The van der Waals surface area contributed by atoms with Gasteiger partial charge in [0.2, 0.25) is 0 Å². The molecule has 2 rings (SSSR count). The third kappa shape index (κ3) is 3.00. The molecular formula is C13H17ClN2O. The Balaban J connectivity index is 2.01. The molecule has 17 heavy (non-hydrogen) atoms. The van der Waals surface area contributed by atoms with Gasteiger partial charge in [0, 0.05) is 10.9 Å². The van der Waals surface area contributed by atoms with Crippen LogP contribution in [0.1, 0.15) is 19.5 Å². The second kappa shape index (κ2) is 5.54. The molecule has 0 spiro atoms. The van der Waals surface area contributed by atoms with Crippen molar-refractivity contribution in [3.63, 3.8) is 0 Å². The molecule has 0 aliphatic heterocycles. The van der Waals surface area contributed by atoms with Crippen molar-refractivity contribution in [2.75, 3.05) is 6.61 Å². The first-order valence-corrected chi connectivity index (χ1v) is 6.16. The van der Waals surface area contributed by atoms with Gasteiger partial charge in [0.1, 0.15) is 0 Å². The van der Waals surface area contributed by atoms with Crippen molar-refractivity contribution in [2.24, 2.45) is 5.92 Å². The fourth-order valence-corrected chi connectivity index (χ4v) is 1.91. The summed E-state index contributed by atoms with van der Waals surface area (Å²) in [6, 6.07) is 7.99. The Kier molecular flexibility index (Phi) is 4.05. The van der Waals surface area contributed by atoms with Crippen LogP contribution in [0.5, 0.6) is 0 Å². The van der Waals surface area contributed by atoms with Gasteiger partial charge in [-0.05, 0) is 12.0 Å². The molecule has 1 heterocycles. The Morgan fingerprint density at radius 1 is 1.35 bits per heavy atom. The lowest BCUT2D eigenvalue weighted by atomic mass is 10.2. The Morgan fingerprint density at radius 3 is 2.82 bits per heavy atom. The van der Waals surface area contributed by atoms with E-state index in [1.165, 1.54) is 0 Å². The zero-order chi connectivity index (χ0) is 12.3. The summed E-state index contributed by atoms with van der Waals surface area (Å²) in [6.07, 6.45) is 0. The minimum absolute atomic E-state index is 0.515. The van der Waals surface area contributed by atoms with Gasteiger partial charge in [0.25, 0.3) is 0 Å². The molecule has 2 aromatic rings. The van der Waals surface area contributed by atoms with Gasteiger partial charge >= 0.3 is 0 Å². The normalized spacial score (nSPS) is 11.5. The van der Waals surface area contributed by atoms with Crippen molar-refractivity contribution in [2.45, 2.75) is 20.4 Å². The van der Waals surface area contributed by atoms with Crippen molar-refractivity contribution in [3.05, 3.63) is 35.0 Å². The Hall–Kier alpha value is -1.03. The van der Waals surface area contributed by atoms with Gasteiger partial charge in [-0.2, -0.15) is 5.48 Å². The van der Waals surface area contributed by atoms with Crippen molar-refractivity contribution in [1.29, 1.82) is 0 Å². The highest BCUT2D eigenvalue weighted by molar-refractivity contribution is 6.36. The molecule has 0 unspecified atom stereocenters. The van der Waals surface area contributed by atoms with Crippen molar-refractivity contribution >= 4 is 22.5 Å². The molecule has 1 aromatic heterocycles. The van der Waals surface area contributed by atoms with E-state index in [0.717, 1.165) is 21.6 Å². The number of aromatic nitrogens is 1. The smallest absolute Gasteiger partial charge is 0.0706 e. The molecular weight excluding hydrogens is 236 g/mol. The minimum atomic E-state index is 0.515. The van der Waals surface area contributed by atoms with Crippen LogP contribution in [0.2, 0.25) is 5.02 Å². The molecule has 0 aliphatic rings. The Morgan fingerprint density at radius 2 is 2.12 bits per heavy atom. The van der Waals surface area contributed by atoms with Crippen molar-refractivity contribution < 1.29 is 4.84 Å². The Labute approximate surface area is 106 Å². The molecule has 0 saturated carbocycles. The van der Waals surface area contributed by atoms with E-state index in [0.29, 0.717) is 19.1 Å². The van der Waals surface area contributed by atoms with Gasteiger partial charge in [-0.1, -0.05) is 43.6 Å². The standard InChI is InChI=1S/C13H17ClN2O/c1-9(2)8-17-15-7-12-13(14)10-5-3-4-6-11(10)16-12/h3-6,9,15-16H,7-8H2,1-2H3. The lowest BCUT2D eigenvalue weighted by molar-refractivity contribution is 0.0191. The molecule has 92 valence electrons. The molecule has 0 bridgehead atoms. The summed E-state index contributed by atoms with van der Waals surface area (Å²) in [5.41, 5.74) is 4.93. The highest BCUT2D eigenvalue weighted by Gasteiger charge is 2.08. The van der Waals surface area contributed by atoms with Gasteiger partial charge in [0.15, 0.2) is 0 Å². The van der Waals surface area contributed by atoms with Crippen LogP contribution in [0.4, 0.5) is 0 Å². The summed E-state index contributed by atoms with van der Waals surface area (Å²) in [5.74, 6) is 0.515. The number of nitrogens with one attached hydrogen (secondary N) is 2. The maximum Gasteiger partial charge on any atom is 0.0706 e. The van der Waals surface area contributed by atoms with E-state index in [4.69, 9.17) is 16.4 Å². The largest absolute Gasteiger partial charge is 0.356 e. The summed E-state index contributed by atoms with van der Waals surface area (Å²) in [5, 5.41) is 1.82. The maximum atomic E-state index is 6.27. The average molecular weight is 253 g/mol. The van der Waals surface area contributed by atoms with Crippen LogP contribution in [0.25, 0.3) is 10.9 Å². The number of halogens is 1. The number of fused-ring (bicyclic) bond motifs is 1. The monoisotopic (exact) mass is 252 g/mol. The van der Waals surface area contributed by atoms with Gasteiger partial charge in [0.05, 0.1) is 23.9 Å². The van der Waals surface area contributed by atoms with E-state index in [-0.39, 0.29) is 0 Å². The van der Waals surface area contributed by atoms with Gasteiger partial charge in [-0.25, -0.2) is 0 Å². The van der Waals surface area contributed by atoms with Crippen LogP contribution in [-0.2, 0) is 11.4 Å². The fraction of sp³-hybridized carbons (Fsp3) is 0.385. The molecule has 0 radical (unpaired) electrons. The number of rotatable bonds is 5. The SMILES string of the molecule is CC(C)CONCc1[nH]c2ccccc2c1Cl. The van der Waals surface area contributed by atoms with E-state index < -0.39 is 0 Å². The third-order valence-corrected chi connectivity index (χ3v) is 2.91. The number of hydrogen-bond acceptors (Lipinski definition) is 2. The molecule has 1 aromatic carbocycles.